The first kappa shape index (κ1) is 17.5. The zero-order valence-electron chi connectivity index (χ0n) is 14.4. The molecule has 1 saturated heterocycles. The molecule has 6 heteroatoms. The maximum atomic E-state index is 11.8. The summed E-state index contributed by atoms with van der Waals surface area (Å²) in [5, 5.41) is 10.6. The van der Waals surface area contributed by atoms with E-state index in [1.165, 1.54) is 6.07 Å². The molecule has 132 valence electrons. The van der Waals surface area contributed by atoms with Crippen molar-refractivity contribution in [1.29, 1.82) is 0 Å². The topological polar surface area (TPSA) is 99.4 Å². The smallest absolute Gasteiger partial charge is 0.265 e. The van der Waals surface area contributed by atoms with Crippen molar-refractivity contribution in [2.45, 2.75) is 12.0 Å². The zero-order chi connectivity index (χ0) is 18.9. The fraction of sp³-hybridized carbons (Fsp3) is 0.200. The molecule has 1 aromatic heterocycles. The Morgan fingerprint density at radius 3 is 2.81 bits per heavy atom. The summed E-state index contributed by atoms with van der Waals surface area (Å²) in [6, 6.07) is 9.70. The highest BCUT2D eigenvalue weighted by Crippen LogP contribution is 2.29. The van der Waals surface area contributed by atoms with Gasteiger partial charge in [0.05, 0.1) is 5.70 Å². The normalized spacial score (nSPS) is 19.2. The molecule has 0 radical (unpaired) electrons. The highest BCUT2D eigenvalue weighted by molar-refractivity contribution is 5.91. The van der Waals surface area contributed by atoms with E-state index in [2.05, 4.69) is 23.4 Å². The summed E-state index contributed by atoms with van der Waals surface area (Å²) in [5.41, 5.74) is 6.15. The Morgan fingerprint density at radius 2 is 2.15 bits per heavy atom. The number of carbonyl (C=O) groups is 1. The number of hydrogen-bond acceptors (Lipinski definition) is 4. The largest absolute Gasteiger partial charge is 0.375 e. The number of nitrogens with zero attached hydrogens (tertiary/aromatic N) is 1. The number of rotatable bonds is 2. The lowest BCUT2D eigenvalue weighted by Gasteiger charge is -2.19. The molecule has 1 amide bonds. The van der Waals surface area contributed by atoms with Gasteiger partial charge < -0.3 is 20.7 Å². The first-order chi connectivity index (χ1) is 12.3. The average molecular weight is 349 g/mol. The van der Waals surface area contributed by atoms with Gasteiger partial charge in [0.2, 0.25) is 0 Å². The quantitative estimate of drug-likeness (QED) is 0.706. The molecule has 1 aliphatic rings. The van der Waals surface area contributed by atoms with Crippen LogP contribution in [0.5, 0.6) is 0 Å². The maximum absolute atomic E-state index is 11.8. The molecule has 2 heterocycles. The number of nitrogens with one attached hydrogen (secondary N) is 1. The van der Waals surface area contributed by atoms with Gasteiger partial charge in [-0.05, 0) is 17.7 Å². The predicted molar refractivity (Wildman–Crippen MR) is 99.2 cm³/mol. The molecule has 3 rings (SSSR count). The van der Waals surface area contributed by atoms with Crippen LogP contribution in [0.1, 0.15) is 22.5 Å². The molecule has 1 aliphatic heterocycles. The van der Waals surface area contributed by atoms with Gasteiger partial charge in [0.25, 0.3) is 5.91 Å². The van der Waals surface area contributed by atoms with Crippen molar-refractivity contribution in [3.05, 3.63) is 70.2 Å². The molecule has 26 heavy (non-hydrogen) atoms. The minimum absolute atomic E-state index is 0.0450. The Labute approximate surface area is 151 Å². The van der Waals surface area contributed by atoms with Crippen molar-refractivity contribution in [2.75, 3.05) is 13.6 Å². The van der Waals surface area contributed by atoms with E-state index in [0.717, 1.165) is 6.07 Å². The van der Waals surface area contributed by atoms with Crippen LogP contribution in [0, 0.1) is 11.8 Å². The van der Waals surface area contributed by atoms with Crippen LogP contribution in [0.3, 0.4) is 0 Å². The molecule has 1 aromatic carbocycles. The lowest BCUT2D eigenvalue weighted by Crippen LogP contribution is -2.26. The van der Waals surface area contributed by atoms with Gasteiger partial charge in [-0.15, -0.1) is 0 Å². The third-order valence-electron chi connectivity index (χ3n) is 4.44. The Bertz CT molecular complexity index is 1010. The number of carbonyl (C=O) groups excluding carboxylic acids is 1. The number of primary amides is 1. The summed E-state index contributed by atoms with van der Waals surface area (Å²) in [4.78, 5) is 27.8. The fourth-order valence-corrected chi connectivity index (χ4v) is 2.83. The van der Waals surface area contributed by atoms with Crippen LogP contribution in [0.25, 0.3) is 11.3 Å². The molecule has 6 nitrogen and oxygen atoms in total. The first-order valence-electron chi connectivity index (χ1n) is 8.09. The lowest BCUT2D eigenvalue weighted by molar-refractivity contribution is 0.0995. The van der Waals surface area contributed by atoms with Gasteiger partial charge in [0.1, 0.15) is 5.69 Å². The van der Waals surface area contributed by atoms with E-state index in [1.807, 2.05) is 11.9 Å². The van der Waals surface area contributed by atoms with Gasteiger partial charge in [0.15, 0.2) is 11.0 Å². The maximum Gasteiger partial charge on any atom is 0.265 e. The van der Waals surface area contributed by atoms with Crippen molar-refractivity contribution < 1.29 is 9.90 Å². The second-order valence-electron chi connectivity index (χ2n) is 6.32. The number of aromatic amines is 1. The molecular weight excluding hydrogens is 330 g/mol. The third-order valence-corrected chi connectivity index (χ3v) is 4.44. The summed E-state index contributed by atoms with van der Waals surface area (Å²) in [6.45, 7) is 4.59. The SMILES string of the molecule is C=C1N(C)CC[C@@]1(O)C#Cc1cccc(-c2cc(=O)cc(C(N)=O)[nH]2)c1. The number of hydrogen-bond donors (Lipinski definition) is 3. The number of aromatic nitrogens is 1. The number of likely N-dealkylation sites (N-methyl/N-ethyl adjacent to an activating group) is 1. The minimum Gasteiger partial charge on any atom is -0.375 e. The van der Waals surface area contributed by atoms with Crippen LogP contribution < -0.4 is 11.2 Å². The molecule has 1 fully saturated rings. The van der Waals surface area contributed by atoms with Crippen LogP contribution in [-0.4, -0.2) is 40.1 Å². The number of nitrogens with two attached hydrogens (primary N) is 1. The highest BCUT2D eigenvalue weighted by atomic mass is 16.3. The third kappa shape index (κ3) is 3.39. The zero-order valence-corrected chi connectivity index (χ0v) is 14.4. The molecule has 0 saturated carbocycles. The van der Waals surface area contributed by atoms with E-state index >= 15 is 0 Å². The highest BCUT2D eigenvalue weighted by Gasteiger charge is 2.36. The average Bonchev–Trinajstić information content (AvgIpc) is 2.88. The van der Waals surface area contributed by atoms with Crippen molar-refractivity contribution in [1.82, 2.24) is 9.88 Å². The van der Waals surface area contributed by atoms with Crippen LogP contribution in [0.4, 0.5) is 0 Å². The summed E-state index contributed by atoms with van der Waals surface area (Å²) in [7, 11) is 1.87. The van der Waals surface area contributed by atoms with E-state index in [4.69, 9.17) is 5.73 Å². The molecule has 2 aromatic rings. The Morgan fingerprint density at radius 1 is 1.38 bits per heavy atom. The standard InChI is InChI=1S/C20H19N3O3/c1-13-20(26,8-9-23(13)2)7-6-14-4-3-5-15(10-14)17-11-16(24)12-18(22-17)19(21)25/h3-5,10-12,26H,1,8-9H2,2H3,(H2,21,25)(H,22,24)/t20-/m0/s1. The number of likely N-dealkylation sites (tertiary alicyclic amines) is 1. The summed E-state index contributed by atoms with van der Waals surface area (Å²) < 4.78 is 0. The van der Waals surface area contributed by atoms with E-state index < -0.39 is 11.5 Å². The number of H-pyrrole nitrogens is 1. The molecular formula is C20H19N3O3. The molecule has 0 aliphatic carbocycles. The van der Waals surface area contributed by atoms with Gasteiger partial charge in [0, 0.05) is 43.4 Å². The van der Waals surface area contributed by atoms with E-state index in [-0.39, 0.29) is 11.1 Å². The minimum atomic E-state index is -1.23. The van der Waals surface area contributed by atoms with Gasteiger partial charge in [-0.25, -0.2) is 0 Å². The Hall–Kier alpha value is -3.30. The van der Waals surface area contributed by atoms with Gasteiger partial charge in [-0.2, -0.15) is 0 Å². The summed E-state index contributed by atoms with van der Waals surface area (Å²) in [6.07, 6.45) is 0.503. The number of amides is 1. The Balaban J connectivity index is 1.96. The lowest BCUT2D eigenvalue weighted by atomic mass is 10.00. The second kappa shape index (κ2) is 6.54. The number of benzene rings is 1. The molecule has 1 atom stereocenters. The second-order valence-corrected chi connectivity index (χ2v) is 6.32. The van der Waals surface area contributed by atoms with Crippen LogP contribution in [0.15, 0.2) is 53.5 Å². The van der Waals surface area contributed by atoms with E-state index in [1.54, 1.807) is 24.3 Å². The van der Waals surface area contributed by atoms with Crippen molar-refractivity contribution in [3.8, 4) is 23.1 Å². The van der Waals surface area contributed by atoms with Crippen molar-refractivity contribution >= 4 is 5.91 Å². The Kier molecular flexibility index (Phi) is 4.41. The van der Waals surface area contributed by atoms with E-state index in [9.17, 15) is 14.7 Å². The van der Waals surface area contributed by atoms with E-state index in [0.29, 0.717) is 35.5 Å². The van der Waals surface area contributed by atoms with Gasteiger partial charge in [-0.3, -0.25) is 9.59 Å². The van der Waals surface area contributed by atoms with Crippen LogP contribution in [0.2, 0.25) is 0 Å². The monoisotopic (exact) mass is 349 g/mol. The van der Waals surface area contributed by atoms with Gasteiger partial charge >= 0.3 is 0 Å². The molecule has 0 unspecified atom stereocenters. The summed E-state index contributed by atoms with van der Waals surface area (Å²) in [5.74, 6) is 5.16. The molecule has 0 bridgehead atoms. The molecule has 0 spiro atoms. The van der Waals surface area contributed by atoms with Crippen LogP contribution in [-0.2, 0) is 0 Å². The van der Waals surface area contributed by atoms with Crippen molar-refractivity contribution in [2.24, 2.45) is 5.73 Å². The fourth-order valence-electron chi connectivity index (χ4n) is 2.83. The number of pyridine rings is 1. The van der Waals surface area contributed by atoms with Crippen LogP contribution >= 0.6 is 0 Å². The molecule has 4 N–H and O–H groups in total. The predicted octanol–water partition coefficient (Wildman–Crippen LogP) is 1.07. The first-order valence-corrected chi connectivity index (χ1v) is 8.09. The van der Waals surface area contributed by atoms with Gasteiger partial charge in [-0.1, -0.05) is 30.6 Å². The number of aliphatic hydroxyl groups is 1. The summed E-state index contributed by atoms with van der Waals surface area (Å²) >= 11 is 0. The van der Waals surface area contributed by atoms with Crippen molar-refractivity contribution in [3.63, 3.8) is 0 Å².